The van der Waals surface area contributed by atoms with Crippen LogP contribution < -0.4 is 100 Å². The van der Waals surface area contributed by atoms with Gasteiger partial charge in [0.05, 0.1) is 18.1 Å². The zero-order valence-corrected chi connectivity index (χ0v) is 54.8. The van der Waals surface area contributed by atoms with Crippen LogP contribution in [0.4, 0.5) is 11.4 Å². The summed E-state index contributed by atoms with van der Waals surface area (Å²) in [6.45, 7) is 3.05. The molecule has 10 atom stereocenters. The second-order valence-electron chi connectivity index (χ2n) is 24.0. The number of aliphatic carboxylic acids is 1. The molecule has 10 unspecified atom stereocenters. The number of unbranched alkanes of at least 4 members (excludes halogenated alkanes) is 9. The number of hydrogen-bond donors (Lipinski definition) is 20. The number of aliphatic hydroxyl groups is 1. The predicted molar refractivity (Wildman–Crippen MR) is 360 cm³/mol. The Labute approximate surface area is 545 Å². The zero-order chi connectivity index (χ0) is 68.6. The number of nitrogens with one attached hydrogen (secondary N) is 7. The van der Waals surface area contributed by atoms with Gasteiger partial charge in [0.15, 0.2) is 11.6 Å². The van der Waals surface area contributed by atoms with Crippen LogP contribution in [0, 0.1) is 11.8 Å². The van der Waals surface area contributed by atoms with Crippen molar-refractivity contribution in [3.63, 3.8) is 0 Å². The lowest BCUT2D eigenvalue weighted by molar-refractivity contribution is -0.142. The summed E-state index contributed by atoms with van der Waals surface area (Å²) in [6.07, 6.45) is 9.16. The van der Waals surface area contributed by atoms with Crippen LogP contribution in [0.15, 0.2) is 18.2 Å². The Morgan fingerprint density at radius 2 is 0.707 bits per heavy atom. The number of aliphatic hydroxyl groups excluding tert-OH is 1. The van der Waals surface area contributed by atoms with Gasteiger partial charge in [-0.2, -0.15) is 0 Å². The fourth-order valence-corrected chi connectivity index (χ4v) is 10.5. The van der Waals surface area contributed by atoms with Crippen LogP contribution in [0.25, 0.3) is 0 Å². The van der Waals surface area contributed by atoms with Gasteiger partial charge in [0.1, 0.15) is 24.4 Å². The first-order chi connectivity index (χ1) is 44.2. The van der Waals surface area contributed by atoms with E-state index in [9.17, 15) is 53.4 Å². The minimum absolute atomic E-state index is 0.00724. The van der Waals surface area contributed by atoms with E-state index in [2.05, 4.69) is 37.2 Å². The van der Waals surface area contributed by atoms with E-state index >= 15 is 0 Å². The minimum Gasteiger partial charge on any atom is -0.480 e. The molecule has 0 saturated carbocycles. The summed E-state index contributed by atoms with van der Waals surface area (Å²) in [5.41, 5.74) is 64.4. The predicted octanol–water partition coefficient (Wildman–Crippen LogP) is -0.556. The average Bonchev–Trinajstić information content (AvgIpc) is 0.906. The molecule has 0 aliphatic carbocycles. The van der Waals surface area contributed by atoms with Gasteiger partial charge in [0, 0.05) is 47.7 Å². The Hall–Kier alpha value is -5.67. The van der Waals surface area contributed by atoms with E-state index in [1.807, 2.05) is 0 Å². The molecule has 528 valence electrons. The van der Waals surface area contributed by atoms with Crippen LogP contribution in [-0.2, 0) is 38.4 Å². The Balaban J connectivity index is 4.09. The number of anilines is 2. The van der Waals surface area contributed by atoms with Gasteiger partial charge < -0.3 is 105 Å². The summed E-state index contributed by atoms with van der Waals surface area (Å²) in [6, 6.07) is -3.17. The van der Waals surface area contributed by atoms with Gasteiger partial charge in [-0.25, -0.2) is 4.79 Å². The lowest BCUT2D eigenvalue weighted by Crippen LogP contribution is -2.56. The van der Waals surface area contributed by atoms with Gasteiger partial charge in [0.2, 0.25) is 35.4 Å². The van der Waals surface area contributed by atoms with Crippen LogP contribution in [0.5, 0.6) is 0 Å². The van der Waals surface area contributed by atoms with Crippen molar-refractivity contribution in [2.75, 3.05) is 69.5 Å². The van der Waals surface area contributed by atoms with Crippen LogP contribution in [0.2, 0.25) is 0 Å². The van der Waals surface area contributed by atoms with Gasteiger partial charge in [-0.05, 0) is 218 Å². The lowest BCUT2D eigenvalue weighted by atomic mass is 9.90. The fraction of sp³-hybridized carbons (Fsp3) is 0.762. The van der Waals surface area contributed by atoms with E-state index in [0.29, 0.717) is 174 Å². The molecule has 31 N–H and O–H groups in total. The summed E-state index contributed by atoms with van der Waals surface area (Å²) in [5, 5.41) is 40.7. The summed E-state index contributed by atoms with van der Waals surface area (Å²) in [7, 11) is 0. The van der Waals surface area contributed by atoms with E-state index in [1.165, 1.54) is 18.2 Å². The molecule has 0 spiro atoms. The molecule has 0 bridgehead atoms. The molecule has 29 nitrogen and oxygen atoms in total. The molecule has 0 aromatic heterocycles. The highest BCUT2D eigenvalue weighted by molar-refractivity contribution is 6.05. The fourth-order valence-electron chi connectivity index (χ4n) is 10.5. The molecule has 0 aliphatic rings. The standard InChI is InChI=1S/C63H120N18O11/c64-28-10-1-19-42(57(85)78-51(25-7-16-34-70)62(90)81-53(63(91)92)27-9-18-36-72)39-54(82)44-37-45(75-56(84)43(20-2-11-29-65)40-55(83)49(23-5-14-32-68)77-58(86)47(73)21-3-12-30-66)41-46(38-44)76-60(88)50(24-6-15-33-69)80-61(89)52(26-8-17-35-71)79-59(87)48(74)22-4-13-31-67/h37-38,41-43,47-53,59,79,87H,1-36,39-40,64-74H2,(H,75,84)(H,76,88)(H,77,86)(H,78,85)(H,80,89)(H,81,90)(H,91,92). The number of benzene rings is 1. The number of nitrogens with two attached hydrogens (primary N) is 11. The van der Waals surface area contributed by atoms with E-state index in [1.54, 1.807) is 0 Å². The number of carboxylic acids is 1. The normalized spacial score (nSPS) is 14.7. The van der Waals surface area contributed by atoms with Gasteiger partial charge >= 0.3 is 5.97 Å². The number of ketones is 2. The molecular weight excluding hydrogens is 1180 g/mol. The Bertz CT molecular complexity index is 2290. The Kier molecular flexibility index (Phi) is 47.4. The van der Waals surface area contributed by atoms with Crippen molar-refractivity contribution in [1.82, 2.24) is 26.6 Å². The van der Waals surface area contributed by atoms with E-state index < -0.39 is 120 Å². The van der Waals surface area contributed by atoms with Crippen molar-refractivity contribution in [2.45, 2.75) is 235 Å². The smallest absolute Gasteiger partial charge is 0.326 e. The zero-order valence-electron chi connectivity index (χ0n) is 54.8. The van der Waals surface area contributed by atoms with Crippen molar-refractivity contribution >= 4 is 64.4 Å². The van der Waals surface area contributed by atoms with E-state index in [4.69, 9.17) is 63.1 Å². The van der Waals surface area contributed by atoms with Gasteiger partial charge in [-0.15, -0.1) is 0 Å². The van der Waals surface area contributed by atoms with Crippen LogP contribution >= 0.6 is 0 Å². The molecule has 0 aliphatic heterocycles. The van der Waals surface area contributed by atoms with Gasteiger partial charge in [0.25, 0.3) is 0 Å². The molecule has 29 heteroatoms. The molecule has 6 amide bonds. The summed E-state index contributed by atoms with van der Waals surface area (Å²) in [5.74, 6) is -8.24. The molecule has 1 aromatic rings. The van der Waals surface area contributed by atoms with Crippen molar-refractivity contribution in [2.24, 2.45) is 74.9 Å². The van der Waals surface area contributed by atoms with Gasteiger partial charge in [-0.3, -0.25) is 43.7 Å². The Morgan fingerprint density at radius 3 is 1.17 bits per heavy atom. The second-order valence-corrected chi connectivity index (χ2v) is 24.0. The largest absolute Gasteiger partial charge is 0.480 e. The van der Waals surface area contributed by atoms with E-state index in [-0.39, 0.29) is 81.4 Å². The van der Waals surface area contributed by atoms with Crippen LogP contribution in [-0.4, -0.2) is 171 Å². The lowest BCUT2D eigenvalue weighted by Gasteiger charge is -2.27. The molecule has 0 radical (unpaired) electrons. The monoisotopic (exact) mass is 1300 g/mol. The SMILES string of the molecule is NCCCCC(N)C(=O)NC(CCCCN)C(=O)CC(CCCCN)C(=O)Nc1cc(NC(=O)C(CCCCN)NC(=O)C(CCCCN)NC(O)C(N)CCCCN)cc(C(=O)CC(CCCCN)C(=O)NC(CCCCN)C(=O)NC(CCCCN)C(=O)O)c1. The molecular formula is C63H120N18O11. The summed E-state index contributed by atoms with van der Waals surface area (Å²) in [4.78, 5) is 127. The number of hydrogen-bond acceptors (Lipinski definition) is 22. The maximum atomic E-state index is 14.9. The van der Waals surface area contributed by atoms with Crippen molar-refractivity contribution < 1.29 is 53.4 Å². The van der Waals surface area contributed by atoms with Crippen molar-refractivity contribution in [1.29, 1.82) is 0 Å². The first-order valence-electron chi connectivity index (χ1n) is 33.7. The third-order valence-electron chi connectivity index (χ3n) is 16.1. The van der Waals surface area contributed by atoms with Crippen LogP contribution in [0.3, 0.4) is 0 Å². The van der Waals surface area contributed by atoms with Crippen molar-refractivity contribution in [3.05, 3.63) is 23.8 Å². The molecule has 0 heterocycles. The highest BCUT2D eigenvalue weighted by Gasteiger charge is 2.33. The highest BCUT2D eigenvalue weighted by atomic mass is 16.4. The molecule has 92 heavy (non-hydrogen) atoms. The highest BCUT2D eigenvalue weighted by Crippen LogP contribution is 2.27. The average molecular weight is 1310 g/mol. The second kappa shape index (κ2) is 51.7. The topological polar surface area (TPSA) is 565 Å². The number of Topliss-reactive ketones (excluding diaryl/α,β-unsaturated/α-hetero) is 2. The minimum atomic E-state index is -1.29. The number of carbonyl (C=O) groups excluding carboxylic acids is 8. The van der Waals surface area contributed by atoms with Crippen LogP contribution in [0.1, 0.15) is 197 Å². The third kappa shape index (κ3) is 36.1. The first-order valence-corrected chi connectivity index (χ1v) is 33.7. The first kappa shape index (κ1) is 84.3. The molecule has 1 rings (SSSR count). The molecule has 1 aromatic carbocycles. The Morgan fingerprint density at radius 1 is 0.359 bits per heavy atom. The maximum Gasteiger partial charge on any atom is 0.326 e. The summed E-state index contributed by atoms with van der Waals surface area (Å²) >= 11 is 0. The molecule has 0 saturated heterocycles. The number of amides is 6. The van der Waals surface area contributed by atoms with Crippen molar-refractivity contribution in [3.8, 4) is 0 Å². The number of carbonyl (C=O) groups is 9. The third-order valence-corrected chi connectivity index (χ3v) is 16.1. The maximum absolute atomic E-state index is 14.9. The quantitative estimate of drug-likeness (QED) is 0.0221. The number of rotatable bonds is 58. The molecule has 0 fully saturated rings. The number of carboxylic acid groups (broad SMARTS) is 1. The summed E-state index contributed by atoms with van der Waals surface area (Å²) < 4.78 is 0. The van der Waals surface area contributed by atoms with E-state index in [0.717, 1.165) is 0 Å². The van der Waals surface area contributed by atoms with Gasteiger partial charge in [-0.1, -0.05) is 32.1 Å².